The number of rotatable bonds is 5. The maximum Gasteiger partial charge on any atom is 0.255 e. The average Bonchev–Trinajstić information content (AvgIpc) is 3.20. The van der Waals surface area contributed by atoms with Gasteiger partial charge in [0.25, 0.3) is 5.91 Å². The normalized spacial score (nSPS) is 16.2. The second kappa shape index (κ2) is 9.44. The van der Waals surface area contributed by atoms with Crippen LogP contribution in [-0.4, -0.2) is 17.6 Å². The highest BCUT2D eigenvalue weighted by Gasteiger charge is 2.34. The molecular weight excluding hydrogens is 428 g/mol. The van der Waals surface area contributed by atoms with E-state index in [1.807, 2.05) is 65.6 Å². The van der Waals surface area contributed by atoms with Gasteiger partial charge in [0, 0.05) is 16.9 Å². The van der Waals surface area contributed by atoms with Gasteiger partial charge in [0.1, 0.15) is 5.37 Å². The number of aryl methyl sites for hydroxylation is 1. The number of thioether (sulfide) groups is 1. The van der Waals surface area contributed by atoms with E-state index >= 15 is 0 Å². The number of anilines is 2. The summed E-state index contributed by atoms with van der Waals surface area (Å²) in [5.41, 5.74) is 5.73. The van der Waals surface area contributed by atoms with E-state index < -0.39 is 0 Å². The predicted octanol–water partition coefficient (Wildman–Crippen LogP) is 6.58. The third-order valence-electron chi connectivity index (χ3n) is 5.93. The fraction of sp³-hybridized carbons (Fsp3) is 0.286. The maximum absolute atomic E-state index is 12.8. The standard InChI is InChI=1S/C28H30N2O2S/c1-5-19-9-11-20(12-10-19)26(32)29-23-8-6-7-21(17-23)27-30(25(31)18-33-27)24-15-13-22(14-16-24)28(2,3)4/h6-17,27H,5,18H2,1-4H3,(H,29,32)/t27-/m0/s1. The highest BCUT2D eigenvalue weighted by molar-refractivity contribution is 8.00. The number of carbonyl (C=O) groups is 2. The second-order valence-corrected chi connectivity index (χ2v) is 10.4. The van der Waals surface area contributed by atoms with Crippen LogP contribution in [0.3, 0.4) is 0 Å². The number of amides is 2. The SMILES string of the molecule is CCc1ccc(C(=O)Nc2cccc([C@@H]3SCC(=O)N3c3ccc(C(C)(C)C)cc3)c2)cc1. The lowest BCUT2D eigenvalue weighted by Gasteiger charge is -2.26. The highest BCUT2D eigenvalue weighted by Crippen LogP contribution is 2.42. The summed E-state index contributed by atoms with van der Waals surface area (Å²) in [4.78, 5) is 27.4. The van der Waals surface area contributed by atoms with Crippen LogP contribution < -0.4 is 10.2 Å². The Balaban J connectivity index is 1.55. The number of benzene rings is 3. The molecule has 4 rings (SSSR count). The van der Waals surface area contributed by atoms with Gasteiger partial charge in [-0.3, -0.25) is 14.5 Å². The molecule has 0 spiro atoms. The number of carbonyl (C=O) groups excluding carboxylic acids is 2. The predicted molar refractivity (Wildman–Crippen MR) is 138 cm³/mol. The van der Waals surface area contributed by atoms with Crippen LogP contribution in [0.25, 0.3) is 0 Å². The molecule has 0 unspecified atom stereocenters. The fourth-order valence-corrected chi connectivity index (χ4v) is 5.10. The molecule has 1 N–H and O–H groups in total. The number of nitrogens with zero attached hydrogens (tertiary/aromatic N) is 1. The number of nitrogens with one attached hydrogen (secondary N) is 1. The van der Waals surface area contributed by atoms with Gasteiger partial charge >= 0.3 is 0 Å². The summed E-state index contributed by atoms with van der Waals surface area (Å²) in [5.74, 6) is 0.394. The molecule has 3 aromatic carbocycles. The van der Waals surface area contributed by atoms with Gasteiger partial charge in [-0.25, -0.2) is 0 Å². The molecule has 0 radical (unpaired) electrons. The molecule has 5 heteroatoms. The van der Waals surface area contributed by atoms with Gasteiger partial charge in [-0.1, -0.05) is 64.1 Å². The van der Waals surface area contributed by atoms with Gasteiger partial charge < -0.3 is 5.32 Å². The maximum atomic E-state index is 12.8. The summed E-state index contributed by atoms with van der Waals surface area (Å²) in [6.45, 7) is 8.63. The zero-order valence-corrected chi connectivity index (χ0v) is 20.4. The van der Waals surface area contributed by atoms with E-state index in [4.69, 9.17) is 0 Å². The molecule has 1 heterocycles. The lowest BCUT2D eigenvalue weighted by Crippen LogP contribution is -2.28. The monoisotopic (exact) mass is 458 g/mol. The molecule has 1 atom stereocenters. The molecule has 33 heavy (non-hydrogen) atoms. The molecular formula is C28H30N2O2S. The highest BCUT2D eigenvalue weighted by atomic mass is 32.2. The Morgan fingerprint density at radius 3 is 2.36 bits per heavy atom. The van der Waals surface area contributed by atoms with Crippen molar-refractivity contribution in [3.8, 4) is 0 Å². The Morgan fingerprint density at radius 2 is 1.73 bits per heavy atom. The van der Waals surface area contributed by atoms with Crippen LogP contribution >= 0.6 is 11.8 Å². The first-order chi connectivity index (χ1) is 15.8. The van der Waals surface area contributed by atoms with Crippen molar-refractivity contribution < 1.29 is 9.59 Å². The first-order valence-corrected chi connectivity index (χ1v) is 12.4. The van der Waals surface area contributed by atoms with Crippen LogP contribution in [0.5, 0.6) is 0 Å². The van der Waals surface area contributed by atoms with Crippen LogP contribution in [0.2, 0.25) is 0 Å². The molecule has 4 nitrogen and oxygen atoms in total. The van der Waals surface area contributed by atoms with E-state index in [2.05, 4.69) is 45.1 Å². The molecule has 0 aromatic heterocycles. The lowest BCUT2D eigenvalue weighted by atomic mass is 9.87. The Kier molecular flexibility index (Phi) is 6.61. The minimum atomic E-state index is -0.139. The van der Waals surface area contributed by atoms with E-state index in [9.17, 15) is 9.59 Å². The summed E-state index contributed by atoms with van der Waals surface area (Å²) in [5, 5.41) is 2.87. The van der Waals surface area contributed by atoms with E-state index in [0.717, 1.165) is 23.4 Å². The van der Waals surface area contributed by atoms with Crippen LogP contribution in [0, 0.1) is 0 Å². The summed E-state index contributed by atoms with van der Waals surface area (Å²) in [6.07, 6.45) is 0.942. The van der Waals surface area contributed by atoms with Crippen LogP contribution in [-0.2, 0) is 16.6 Å². The van der Waals surface area contributed by atoms with Gasteiger partial charge in [-0.15, -0.1) is 11.8 Å². The van der Waals surface area contributed by atoms with Crippen molar-refractivity contribution in [1.29, 1.82) is 0 Å². The molecule has 1 aliphatic heterocycles. The number of hydrogen-bond acceptors (Lipinski definition) is 3. The topological polar surface area (TPSA) is 49.4 Å². The van der Waals surface area contributed by atoms with Crippen LogP contribution in [0.1, 0.15) is 60.1 Å². The first-order valence-electron chi connectivity index (χ1n) is 11.3. The number of hydrogen-bond donors (Lipinski definition) is 1. The third-order valence-corrected chi connectivity index (χ3v) is 7.15. The lowest BCUT2D eigenvalue weighted by molar-refractivity contribution is -0.115. The van der Waals surface area contributed by atoms with Crippen LogP contribution in [0.15, 0.2) is 72.8 Å². The first kappa shape index (κ1) is 23.1. The summed E-state index contributed by atoms with van der Waals surface area (Å²) in [7, 11) is 0. The minimum Gasteiger partial charge on any atom is -0.322 e. The smallest absolute Gasteiger partial charge is 0.255 e. The van der Waals surface area contributed by atoms with Crippen LogP contribution in [0.4, 0.5) is 11.4 Å². The molecule has 2 amide bonds. The molecule has 1 saturated heterocycles. The van der Waals surface area contributed by atoms with E-state index in [-0.39, 0.29) is 22.6 Å². The van der Waals surface area contributed by atoms with Crippen molar-refractivity contribution in [3.05, 3.63) is 95.1 Å². The average molecular weight is 459 g/mol. The Hall–Kier alpha value is -3.05. The zero-order valence-electron chi connectivity index (χ0n) is 19.6. The van der Waals surface area contributed by atoms with Gasteiger partial charge in [-0.05, 0) is 64.9 Å². The van der Waals surface area contributed by atoms with Gasteiger partial charge in [0.15, 0.2) is 0 Å². The minimum absolute atomic E-state index is 0.0606. The largest absolute Gasteiger partial charge is 0.322 e. The molecule has 0 bridgehead atoms. The molecule has 170 valence electrons. The van der Waals surface area contributed by atoms with Crippen molar-refractivity contribution in [2.45, 2.75) is 44.9 Å². The molecule has 1 aliphatic rings. The Morgan fingerprint density at radius 1 is 1.03 bits per heavy atom. The van der Waals surface area contributed by atoms with E-state index in [0.29, 0.717) is 11.3 Å². The van der Waals surface area contributed by atoms with Gasteiger partial charge in [0.2, 0.25) is 5.91 Å². The van der Waals surface area contributed by atoms with Gasteiger partial charge in [-0.2, -0.15) is 0 Å². The molecule has 0 aliphatic carbocycles. The fourth-order valence-electron chi connectivity index (χ4n) is 3.94. The van der Waals surface area contributed by atoms with E-state index in [1.165, 1.54) is 11.1 Å². The van der Waals surface area contributed by atoms with Gasteiger partial charge in [0.05, 0.1) is 5.75 Å². The van der Waals surface area contributed by atoms with E-state index in [1.54, 1.807) is 11.8 Å². The summed E-state index contributed by atoms with van der Waals surface area (Å²) in [6, 6.07) is 23.7. The zero-order chi connectivity index (χ0) is 23.6. The van der Waals surface area contributed by atoms with Crippen molar-refractivity contribution >= 4 is 35.0 Å². The Bertz CT molecular complexity index is 1150. The Labute approximate surface area is 200 Å². The van der Waals surface area contributed by atoms with Crippen molar-refractivity contribution in [3.63, 3.8) is 0 Å². The molecule has 0 saturated carbocycles. The molecule has 3 aromatic rings. The summed E-state index contributed by atoms with van der Waals surface area (Å²) < 4.78 is 0. The molecule has 1 fully saturated rings. The second-order valence-electron chi connectivity index (χ2n) is 9.35. The summed E-state index contributed by atoms with van der Waals surface area (Å²) >= 11 is 1.61. The van der Waals surface area contributed by atoms with Crippen molar-refractivity contribution in [2.75, 3.05) is 16.0 Å². The van der Waals surface area contributed by atoms with Crippen molar-refractivity contribution in [1.82, 2.24) is 0 Å². The van der Waals surface area contributed by atoms with Crippen molar-refractivity contribution in [2.24, 2.45) is 0 Å². The third kappa shape index (κ3) is 5.14. The quantitative estimate of drug-likeness (QED) is 0.470.